The van der Waals surface area contributed by atoms with E-state index in [2.05, 4.69) is 5.10 Å². The number of halogens is 1. The third-order valence-corrected chi connectivity index (χ3v) is 6.42. The summed E-state index contributed by atoms with van der Waals surface area (Å²) >= 11 is 1.50. The van der Waals surface area contributed by atoms with Gasteiger partial charge in [0.1, 0.15) is 10.6 Å². The van der Waals surface area contributed by atoms with Crippen molar-refractivity contribution < 1.29 is 4.39 Å². The first-order chi connectivity index (χ1) is 15.2. The Morgan fingerprint density at radius 3 is 2.26 bits per heavy atom. The van der Waals surface area contributed by atoms with E-state index in [4.69, 9.17) is 4.98 Å². The van der Waals surface area contributed by atoms with Gasteiger partial charge in [-0.05, 0) is 35.9 Å². The Morgan fingerprint density at radius 2 is 1.48 bits per heavy atom. The van der Waals surface area contributed by atoms with E-state index in [1.54, 1.807) is 12.1 Å². The van der Waals surface area contributed by atoms with Crippen molar-refractivity contribution in [3.63, 3.8) is 0 Å². The molecule has 3 aromatic heterocycles. The van der Waals surface area contributed by atoms with Gasteiger partial charge in [-0.2, -0.15) is 9.61 Å². The van der Waals surface area contributed by atoms with Gasteiger partial charge >= 0.3 is 0 Å². The fourth-order valence-corrected chi connectivity index (χ4v) is 4.87. The molecular weight excluding hydrogens is 409 g/mol. The first kappa shape index (κ1) is 17.9. The van der Waals surface area contributed by atoms with Crippen molar-refractivity contribution in [2.45, 2.75) is 0 Å². The number of hydrogen-bond acceptors (Lipinski definition) is 4. The topological polar surface area (TPSA) is 47.3 Å². The number of hydrogen-bond donors (Lipinski definition) is 0. The van der Waals surface area contributed by atoms with Gasteiger partial charge in [-0.25, -0.2) is 9.37 Å². The number of aromatic nitrogens is 3. The smallest absolute Gasteiger partial charge is 0.267 e. The molecule has 31 heavy (non-hydrogen) atoms. The molecule has 4 nitrogen and oxygen atoms in total. The van der Waals surface area contributed by atoms with Crippen molar-refractivity contribution in [1.82, 2.24) is 14.6 Å². The van der Waals surface area contributed by atoms with Crippen LogP contribution in [0.3, 0.4) is 0 Å². The monoisotopic (exact) mass is 423 g/mol. The van der Waals surface area contributed by atoms with Crippen molar-refractivity contribution in [2.24, 2.45) is 0 Å². The fourth-order valence-electron chi connectivity index (χ4n) is 3.84. The van der Waals surface area contributed by atoms with Crippen LogP contribution in [0.15, 0.2) is 89.7 Å². The van der Waals surface area contributed by atoms with E-state index < -0.39 is 0 Å². The molecule has 6 rings (SSSR count). The van der Waals surface area contributed by atoms with Crippen LogP contribution < -0.4 is 5.56 Å². The molecule has 0 unspecified atom stereocenters. The average molecular weight is 423 g/mol. The van der Waals surface area contributed by atoms with Gasteiger partial charge in [-0.15, -0.1) is 11.3 Å². The van der Waals surface area contributed by atoms with Crippen molar-refractivity contribution >= 4 is 38.0 Å². The molecule has 0 fully saturated rings. The fraction of sp³-hybridized carbons (Fsp3) is 0. The summed E-state index contributed by atoms with van der Waals surface area (Å²) < 4.78 is 14.8. The SMILES string of the molecule is O=c1c2cc(-c3ccccc3)sc2nc2c3ccccc3c(-c3ccc(F)cc3)nn12. The van der Waals surface area contributed by atoms with E-state index in [9.17, 15) is 9.18 Å². The van der Waals surface area contributed by atoms with Crippen LogP contribution in [0.1, 0.15) is 0 Å². The maximum atomic E-state index is 13.5. The highest BCUT2D eigenvalue weighted by atomic mass is 32.1. The summed E-state index contributed by atoms with van der Waals surface area (Å²) in [7, 11) is 0. The molecule has 0 aliphatic heterocycles. The Hall–Kier alpha value is -3.90. The second kappa shape index (κ2) is 6.82. The summed E-state index contributed by atoms with van der Waals surface area (Å²) in [5.41, 5.74) is 2.70. The summed E-state index contributed by atoms with van der Waals surface area (Å²) in [4.78, 5) is 19.9. The number of fused-ring (bicyclic) bond motifs is 4. The van der Waals surface area contributed by atoms with Crippen LogP contribution >= 0.6 is 11.3 Å². The Balaban J connectivity index is 1.70. The molecule has 148 valence electrons. The van der Waals surface area contributed by atoms with Gasteiger partial charge in [0.25, 0.3) is 5.56 Å². The van der Waals surface area contributed by atoms with Crippen LogP contribution in [0, 0.1) is 5.82 Å². The predicted octanol–water partition coefficient (Wildman–Crippen LogP) is 5.93. The second-order valence-corrected chi connectivity index (χ2v) is 8.28. The summed E-state index contributed by atoms with van der Waals surface area (Å²) in [6.07, 6.45) is 0. The molecule has 0 amide bonds. The lowest BCUT2D eigenvalue weighted by molar-refractivity contribution is 0.628. The zero-order chi connectivity index (χ0) is 20.9. The lowest BCUT2D eigenvalue weighted by Crippen LogP contribution is -2.18. The Labute approximate surface area is 179 Å². The average Bonchev–Trinajstić information content (AvgIpc) is 3.25. The van der Waals surface area contributed by atoms with Crippen LogP contribution in [-0.4, -0.2) is 14.6 Å². The molecule has 6 heteroatoms. The standard InChI is InChI=1S/C25H14FN3OS/c26-17-12-10-16(11-13-17)22-18-8-4-5-9-19(18)23-27-24-20(25(30)29(23)28-22)14-21(31-24)15-6-2-1-3-7-15/h1-14H. The van der Waals surface area contributed by atoms with Crippen LogP contribution in [0.2, 0.25) is 0 Å². The number of nitrogens with zero attached hydrogens (tertiary/aromatic N) is 3. The highest BCUT2D eigenvalue weighted by molar-refractivity contribution is 7.21. The van der Waals surface area contributed by atoms with Crippen LogP contribution in [-0.2, 0) is 0 Å². The van der Waals surface area contributed by atoms with Gasteiger partial charge in [0, 0.05) is 21.2 Å². The predicted molar refractivity (Wildman–Crippen MR) is 123 cm³/mol. The molecule has 6 aromatic rings. The quantitative estimate of drug-likeness (QED) is 0.324. The molecule has 0 saturated carbocycles. The maximum absolute atomic E-state index is 13.5. The highest BCUT2D eigenvalue weighted by Crippen LogP contribution is 2.33. The third-order valence-electron chi connectivity index (χ3n) is 5.34. The highest BCUT2D eigenvalue weighted by Gasteiger charge is 2.16. The minimum atomic E-state index is -0.318. The molecule has 0 aliphatic carbocycles. The van der Waals surface area contributed by atoms with Crippen LogP contribution in [0.4, 0.5) is 4.39 Å². The number of thiophene rings is 1. The Bertz CT molecular complexity index is 1650. The first-order valence-corrected chi connectivity index (χ1v) is 10.6. The second-order valence-electron chi connectivity index (χ2n) is 7.25. The van der Waals surface area contributed by atoms with E-state index in [0.29, 0.717) is 21.6 Å². The van der Waals surface area contributed by atoms with Gasteiger partial charge < -0.3 is 0 Å². The van der Waals surface area contributed by atoms with Crippen LogP contribution in [0.25, 0.3) is 48.3 Å². The maximum Gasteiger partial charge on any atom is 0.283 e. The molecule has 0 saturated heterocycles. The summed E-state index contributed by atoms with van der Waals surface area (Å²) in [6, 6.07) is 25.7. The molecule has 0 spiro atoms. The van der Waals surface area contributed by atoms with E-state index in [0.717, 1.165) is 26.8 Å². The minimum absolute atomic E-state index is 0.215. The normalized spacial score (nSPS) is 11.5. The van der Waals surface area contributed by atoms with Crippen molar-refractivity contribution in [1.29, 1.82) is 0 Å². The minimum Gasteiger partial charge on any atom is -0.267 e. The van der Waals surface area contributed by atoms with E-state index in [1.165, 1.54) is 28.0 Å². The van der Waals surface area contributed by atoms with Crippen molar-refractivity contribution in [3.8, 4) is 21.7 Å². The third kappa shape index (κ3) is 2.84. The molecule has 0 N–H and O–H groups in total. The zero-order valence-corrected chi connectivity index (χ0v) is 16.9. The molecule has 0 bridgehead atoms. The number of rotatable bonds is 2. The van der Waals surface area contributed by atoms with E-state index in [1.807, 2.05) is 60.7 Å². The van der Waals surface area contributed by atoms with Gasteiger partial charge in [0.15, 0.2) is 5.65 Å². The lowest BCUT2D eigenvalue weighted by atomic mass is 10.0. The summed E-state index contributed by atoms with van der Waals surface area (Å²) in [6.45, 7) is 0. The van der Waals surface area contributed by atoms with E-state index in [-0.39, 0.29) is 11.4 Å². The van der Waals surface area contributed by atoms with Gasteiger partial charge in [0.05, 0.1) is 11.1 Å². The van der Waals surface area contributed by atoms with Crippen molar-refractivity contribution in [2.75, 3.05) is 0 Å². The first-order valence-electron chi connectivity index (χ1n) is 9.76. The van der Waals surface area contributed by atoms with Crippen molar-refractivity contribution in [3.05, 3.63) is 101 Å². The molecule has 0 atom stereocenters. The van der Waals surface area contributed by atoms with Gasteiger partial charge in [-0.1, -0.05) is 54.6 Å². The largest absolute Gasteiger partial charge is 0.283 e. The summed E-state index contributed by atoms with van der Waals surface area (Å²) in [5.74, 6) is -0.318. The molecular formula is C25H14FN3OS. The zero-order valence-electron chi connectivity index (χ0n) is 16.1. The van der Waals surface area contributed by atoms with Gasteiger partial charge in [0.2, 0.25) is 0 Å². The van der Waals surface area contributed by atoms with Gasteiger partial charge in [-0.3, -0.25) is 4.79 Å². The number of benzene rings is 3. The summed E-state index contributed by atoms with van der Waals surface area (Å²) in [5, 5.41) is 6.88. The molecule has 3 aromatic carbocycles. The van der Waals surface area contributed by atoms with E-state index >= 15 is 0 Å². The van der Waals surface area contributed by atoms with Crippen LogP contribution in [0.5, 0.6) is 0 Å². The molecule has 0 radical (unpaired) electrons. The lowest BCUT2D eigenvalue weighted by Gasteiger charge is -2.10. The Kier molecular flexibility index (Phi) is 3.94. The molecule has 3 heterocycles. The molecule has 0 aliphatic rings. The Morgan fingerprint density at radius 1 is 0.774 bits per heavy atom.